The number of imide groups is 1. The molecule has 1 aromatic carbocycles. The molecule has 9 heteroatoms. The van der Waals surface area contributed by atoms with Gasteiger partial charge in [0.2, 0.25) is 0 Å². The highest BCUT2D eigenvalue weighted by molar-refractivity contribution is 5.97. The third-order valence-electron chi connectivity index (χ3n) is 3.37. The highest BCUT2D eigenvalue weighted by Crippen LogP contribution is 2.23. The fourth-order valence-electron chi connectivity index (χ4n) is 2.30. The maximum absolute atomic E-state index is 11.9. The number of esters is 1. The van der Waals surface area contributed by atoms with Crippen LogP contribution in [0.3, 0.4) is 0 Å². The molecule has 2 rings (SSSR count). The molecule has 0 heterocycles. The molecule has 130 valence electrons. The Labute approximate surface area is 135 Å². The molecule has 0 atom stereocenters. The normalized spacial score (nSPS) is 13.1. The van der Waals surface area contributed by atoms with E-state index in [-0.39, 0.29) is 5.56 Å². The number of aryl methyl sites for hydroxylation is 2. The number of alkyl halides is 3. The van der Waals surface area contributed by atoms with Crippen molar-refractivity contribution in [1.82, 2.24) is 10.6 Å². The van der Waals surface area contributed by atoms with Gasteiger partial charge in [0.05, 0.1) is 5.56 Å². The van der Waals surface area contributed by atoms with Gasteiger partial charge in [0.1, 0.15) is 6.54 Å². The highest BCUT2D eigenvalue weighted by Gasteiger charge is 2.28. The number of rotatable bonds is 4. The van der Waals surface area contributed by atoms with Gasteiger partial charge in [-0.05, 0) is 42.5 Å². The van der Waals surface area contributed by atoms with E-state index < -0.39 is 37.2 Å². The van der Waals surface area contributed by atoms with Crippen LogP contribution in [-0.2, 0) is 22.4 Å². The average molecular weight is 344 g/mol. The Kier molecular flexibility index (Phi) is 5.42. The van der Waals surface area contributed by atoms with Gasteiger partial charge in [0.15, 0.2) is 6.61 Å². The number of amides is 3. The molecule has 0 aliphatic heterocycles. The van der Waals surface area contributed by atoms with E-state index >= 15 is 0 Å². The molecule has 1 aliphatic rings. The minimum atomic E-state index is -4.58. The monoisotopic (exact) mass is 344 g/mol. The van der Waals surface area contributed by atoms with E-state index in [0.29, 0.717) is 0 Å². The predicted octanol–water partition coefficient (Wildman–Crippen LogP) is 1.72. The van der Waals surface area contributed by atoms with Gasteiger partial charge in [-0.3, -0.25) is 10.1 Å². The second-order valence-electron chi connectivity index (χ2n) is 5.26. The van der Waals surface area contributed by atoms with Crippen molar-refractivity contribution < 1.29 is 32.3 Å². The van der Waals surface area contributed by atoms with E-state index in [1.54, 1.807) is 17.4 Å². The zero-order chi connectivity index (χ0) is 17.7. The van der Waals surface area contributed by atoms with Crippen LogP contribution in [-0.4, -0.2) is 37.2 Å². The van der Waals surface area contributed by atoms with Crippen LogP contribution in [0.2, 0.25) is 0 Å². The molecule has 24 heavy (non-hydrogen) atoms. The first-order chi connectivity index (χ1) is 11.2. The third-order valence-corrected chi connectivity index (χ3v) is 3.37. The summed E-state index contributed by atoms with van der Waals surface area (Å²) in [6.45, 7) is -2.34. The Morgan fingerprint density at radius 2 is 1.83 bits per heavy atom. The third kappa shape index (κ3) is 5.25. The Balaban J connectivity index is 1.77. The molecular formula is C15H15F3N2O4. The molecule has 0 bridgehead atoms. The summed E-state index contributed by atoms with van der Waals surface area (Å²) in [5.74, 6) is -1.76. The Hall–Kier alpha value is -2.58. The first kappa shape index (κ1) is 17.8. The number of ether oxygens (including phenoxy) is 1. The van der Waals surface area contributed by atoms with Gasteiger partial charge in [-0.1, -0.05) is 6.07 Å². The molecule has 0 radical (unpaired) electrons. The average Bonchev–Trinajstić information content (AvgIpc) is 2.97. The minimum Gasteiger partial charge on any atom is -0.452 e. The van der Waals surface area contributed by atoms with Gasteiger partial charge >= 0.3 is 18.2 Å². The molecule has 0 saturated heterocycles. The number of carbonyl (C=O) groups excluding carboxylic acids is 3. The number of nitrogens with one attached hydrogen (secondary N) is 2. The summed E-state index contributed by atoms with van der Waals surface area (Å²) in [5.41, 5.74) is 2.51. The molecule has 0 spiro atoms. The van der Waals surface area contributed by atoms with Gasteiger partial charge in [0.25, 0.3) is 5.91 Å². The van der Waals surface area contributed by atoms with Crippen molar-refractivity contribution in [2.75, 3.05) is 13.2 Å². The van der Waals surface area contributed by atoms with Crippen molar-refractivity contribution in [2.24, 2.45) is 0 Å². The van der Waals surface area contributed by atoms with Gasteiger partial charge in [-0.25, -0.2) is 9.59 Å². The SMILES string of the molecule is O=C(COC(=O)c1ccc2c(c1)CCC2)NC(=O)NCC(F)(F)F. The molecule has 1 aliphatic carbocycles. The number of hydrogen-bond acceptors (Lipinski definition) is 4. The summed E-state index contributed by atoms with van der Waals surface area (Å²) in [6, 6.07) is 3.79. The Morgan fingerprint density at radius 1 is 1.12 bits per heavy atom. The largest absolute Gasteiger partial charge is 0.452 e. The quantitative estimate of drug-likeness (QED) is 0.815. The maximum Gasteiger partial charge on any atom is 0.405 e. The van der Waals surface area contributed by atoms with Crippen molar-refractivity contribution in [3.63, 3.8) is 0 Å². The van der Waals surface area contributed by atoms with Gasteiger partial charge < -0.3 is 10.1 Å². The molecule has 2 N–H and O–H groups in total. The van der Waals surface area contributed by atoms with Gasteiger partial charge in [-0.2, -0.15) is 13.2 Å². The minimum absolute atomic E-state index is 0.282. The molecule has 0 saturated carbocycles. The van der Waals surface area contributed by atoms with Crippen LogP contribution in [0.15, 0.2) is 18.2 Å². The number of carbonyl (C=O) groups is 3. The van der Waals surface area contributed by atoms with Gasteiger partial charge in [-0.15, -0.1) is 0 Å². The zero-order valence-electron chi connectivity index (χ0n) is 12.5. The highest BCUT2D eigenvalue weighted by atomic mass is 19.4. The predicted molar refractivity (Wildman–Crippen MR) is 76.3 cm³/mol. The van der Waals surface area contributed by atoms with Crippen LogP contribution in [0.1, 0.15) is 27.9 Å². The van der Waals surface area contributed by atoms with E-state index in [9.17, 15) is 27.6 Å². The van der Waals surface area contributed by atoms with E-state index in [0.717, 1.165) is 24.8 Å². The number of benzene rings is 1. The summed E-state index contributed by atoms with van der Waals surface area (Å²) < 4.78 is 40.4. The summed E-state index contributed by atoms with van der Waals surface area (Å²) in [5, 5.41) is 3.10. The Morgan fingerprint density at radius 3 is 2.54 bits per heavy atom. The van der Waals surface area contributed by atoms with Crippen LogP contribution in [0, 0.1) is 0 Å². The van der Waals surface area contributed by atoms with Crippen LogP contribution in [0.25, 0.3) is 0 Å². The van der Waals surface area contributed by atoms with Crippen molar-refractivity contribution in [1.29, 1.82) is 0 Å². The summed E-state index contributed by atoms with van der Waals surface area (Å²) in [4.78, 5) is 34.3. The zero-order valence-corrected chi connectivity index (χ0v) is 12.5. The Bertz CT molecular complexity index is 659. The summed E-state index contributed by atoms with van der Waals surface area (Å²) >= 11 is 0. The van der Waals surface area contributed by atoms with E-state index in [1.807, 2.05) is 6.07 Å². The molecule has 0 aromatic heterocycles. The number of urea groups is 1. The first-order valence-corrected chi connectivity index (χ1v) is 7.18. The molecule has 1 aromatic rings. The van der Waals surface area contributed by atoms with Gasteiger partial charge in [0, 0.05) is 0 Å². The standard InChI is InChI=1S/C15H15F3N2O4/c16-15(17,18)8-19-14(23)20-12(21)7-24-13(22)11-5-4-9-2-1-3-10(9)6-11/h4-6H,1-3,7-8H2,(H2,19,20,21,23). The molecule has 0 unspecified atom stereocenters. The molecule has 3 amide bonds. The smallest absolute Gasteiger partial charge is 0.405 e. The van der Waals surface area contributed by atoms with Crippen LogP contribution >= 0.6 is 0 Å². The first-order valence-electron chi connectivity index (χ1n) is 7.18. The maximum atomic E-state index is 11.9. The lowest BCUT2D eigenvalue weighted by Crippen LogP contribution is -2.44. The second kappa shape index (κ2) is 7.33. The fourth-order valence-corrected chi connectivity index (χ4v) is 2.30. The lowest BCUT2D eigenvalue weighted by molar-refractivity contribution is -0.125. The summed E-state index contributed by atoms with van der Waals surface area (Å²) in [6.07, 6.45) is -1.74. The van der Waals surface area contributed by atoms with Crippen molar-refractivity contribution >= 4 is 17.9 Å². The second-order valence-corrected chi connectivity index (χ2v) is 5.26. The number of halogens is 3. The molecule has 6 nitrogen and oxygen atoms in total. The summed E-state index contributed by atoms with van der Waals surface area (Å²) in [7, 11) is 0. The van der Waals surface area contributed by atoms with E-state index in [4.69, 9.17) is 4.74 Å². The number of fused-ring (bicyclic) bond motifs is 1. The lowest BCUT2D eigenvalue weighted by atomic mass is 10.1. The van der Waals surface area contributed by atoms with Crippen LogP contribution in [0.5, 0.6) is 0 Å². The van der Waals surface area contributed by atoms with Crippen molar-refractivity contribution in [2.45, 2.75) is 25.4 Å². The van der Waals surface area contributed by atoms with Crippen molar-refractivity contribution in [3.05, 3.63) is 34.9 Å². The van der Waals surface area contributed by atoms with Crippen LogP contribution < -0.4 is 10.6 Å². The van der Waals surface area contributed by atoms with E-state index in [2.05, 4.69) is 0 Å². The topological polar surface area (TPSA) is 84.5 Å². The molecule has 0 fully saturated rings. The van der Waals surface area contributed by atoms with Crippen LogP contribution in [0.4, 0.5) is 18.0 Å². The fraction of sp³-hybridized carbons (Fsp3) is 0.400. The lowest BCUT2D eigenvalue weighted by Gasteiger charge is -2.09. The van der Waals surface area contributed by atoms with Crippen molar-refractivity contribution in [3.8, 4) is 0 Å². The molecular weight excluding hydrogens is 329 g/mol. The number of hydrogen-bond donors (Lipinski definition) is 2. The van der Waals surface area contributed by atoms with E-state index in [1.165, 1.54) is 10.9 Å².